The highest BCUT2D eigenvalue weighted by molar-refractivity contribution is 5.97. The second-order valence-electron chi connectivity index (χ2n) is 4.85. The molecular weight excluding hydrogens is 264 g/mol. The minimum absolute atomic E-state index is 0.0193. The van der Waals surface area contributed by atoms with Crippen molar-refractivity contribution < 1.29 is 4.79 Å². The van der Waals surface area contributed by atoms with Gasteiger partial charge in [0.05, 0.1) is 11.7 Å². The number of aromatic nitrogens is 3. The van der Waals surface area contributed by atoms with E-state index < -0.39 is 0 Å². The Balaban J connectivity index is 1.84. The van der Waals surface area contributed by atoms with E-state index in [0.717, 1.165) is 16.5 Å². The fourth-order valence-electron chi connectivity index (χ4n) is 2.29. The zero-order valence-corrected chi connectivity index (χ0v) is 11.8. The minimum Gasteiger partial charge on any atom is -0.335 e. The van der Waals surface area contributed by atoms with E-state index >= 15 is 0 Å². The van der Waals surface area contributed by atoms with Crippen LogP contribution in [0.3, 0.4) is 0 Å². The summed E-state index contributed by atoms with van der Waals surface area (Å²) in [6.07, 6.45) is 5.23. The van der Waals surface area contributed by atoms with E-state index in [1.807, 2.05) is 42.2 Å². The molecule has 0 fully saturated rings. The molecule has 1 N–H and O–H groups in total. The van der Waals surface area contributed by atoms with Crippen molar-refractivity contribution in [3.8, 4) is 0 Å². The van der Waals surface area contributed by atoms with Gasteiger partial charge in [-0.15, -0.1) is 0 Å². The molecule has 2 aromatic heterocycles. The van der Waals surface area contributed by atoms with Crippen LogP contribution in [-0.2, 0) is 6.54 Å². The lowest BCUT2D eigenvalue weighted by molar-refractivity contribution is 0.0752. The highest BCUT2D eigenvalue weighted by Gasteiger charge is 2.15. The van der Waals surface area contributed by atoms with Gasteiger partial charge in [0.2, 0.25) is 0 Å². The number of carbonyl (C=O) groups is 1. The molecule has 1 aromatic carbocycles. The summed E-state index contributed by atoms with van der Waals surface area (Å²) in [5.74, 6) is 0.0193. The Labute approximate surface area is 122 Å². The molecule has 3 rings (SSSR count). The highest BCUT2D eigenvalue weighted by atomic mass is 16.2. The second-order valence-corrected chi connectivity index (χ2v) is 4.85. The first-order valence-corrected chi connectivity index (χ1v) is 6.89. The Morgan fingerprint density at radius 3 is 2.81 bits per heavy atom. The Morgan fingerprint density at radius 2 is 2.05 bits per heavy atom. The fraction of sp³-hybridized carbons (Fsp3) is 0.188. The Morgan fingerprint density at radius 1 is 1.24 bits per heavy atom. The van der Waals surface area contributed by atoms with Gasteiger partial charge in [0.1, 0.15) is 0 Å². The lowest BCUT2D eigenvalue weighted by Gasteiger charge is -2.21. The van der Waals surface area contributed by atoms with E-state index in [9.17, 15) is 4.79 Å². The van der Waals surface area contributed by atoms with Crippen LogP contribution < -0.4 is 0 Å². The monoisotopic (exact) mass is 280 g/mol. The number of benzene rings is 1. The summed E-state index contributed by atoms with van der Waals surface area (Å²) in [5.41, 5.74) is 2.62. The first kappa shape index (κ1) is 13.3. The summed E-state index contributed by atoms with van der Waals surface area (Å²) in [4.78, 5) is 18.4. The zero-order chi connectivity index (χ0) is 14.7. The van der Waals surface area contributed by atoms with E-state index in [1.165, 1.54) is 0 Å². The normalized spacial score (nSPS) is 10.7. The Hall–Kier alpha value is -2.69. The molecule has 21 heavy (non-hydrogen) atoms. The van der Waals surface area contributed by atoms with E-state index in [0.29, 0.717) is 18.7 Å². The summed E-state index contributed by atoms with van der Waals surface area (Å²) >= 11 is 0. The van der Waals surface area contributed by atoms with Crippen LogP contribution in [0.15, 0.2) is 48.9 Å². The van der Waals surface area contributed by atoms with Crippen molar-refractivity contribution >= 4 is 16.8 Å². The minimum atomic E-state index is 0.0193. The van der Waals surface area contributed by atoms with Crippen molar-refractivity contribution in [2.75, 3.05) is 6.54 Å². The number of nitrogens with one attached hydrogen (secondary N) is 1. The molecule has 0 bridgehead atoms. The Bertz CT molecular complexity index is 751. The number of nitrogens with zero attached hydrogens (tertiary/aromatic N) is 3. The number of rotatable bonds is 4. The topological polar surface area (TPSA) is 61.9 Å². The van der Waals surface area contributed by atoms with Crippen LogP contribution in [0.25, 0.3) is 10.9 Å². The molecule has 3 aromatic rings. The van der Waals surface area contributed by atoms with Crippen LogP contribution in [0, 0.1) is 0 Å². The lowest BCUT2D eigenvalue weighted by atomic mass is 10.1. The third-order valence-electron chi connectivity index (χ3n) is 3.48. The SMILES string of the molecule is CCN(Cc1ccncc1)C(=O)c1ccc2cn[nH]c2c1. The van der Waals surface area contributed by atoms with Gasteiger partial charge in [-0.05, 0) is 36.8 Å². The van der Waals surface area contributed by atoms with Crippen LogP contribution >= 0.6 is 0 Å². The maximum Gasteiger partial charge on any atom is 0.254 e. The summed E-state index contributed by atoms with van der Waals surface area (Å²) in [7, 11) is 0. The third kappa shape index (κ3) is 2.76. The first-order chi connectivity index (χ1) is 10.3. The molecule has 5 nitrogen and oxygen atoms in total. The molecule has 106 valence electrons. The van der Waals surface area contributed by atoms with Crippen molar-refractivity contribution in [2.45, 2.75) is 13.5 Å². The van der Waals surface area contributed by atoms with E-state index in [4.69, 9.17) is 0 Å². The van der Waals surface area contributed by atoms with Crippen molar-refractivity contribution in [1.82, 2.24) is 20.1 Å². The number of fused-ring (bicyclic) bond motifs is 1. The lowest BCUT2D eigenvalue weighted by Crippen LogP contribution is -2.30. The van der Waals surface area contributed by atoms with Crippen molar-refractivity contribution in [2.24, 2.45) is 0 Å². The van der Waals surface area contributed by atoms with Gasteiger partial charge in [-0.1, -0.05) is 6.07 Å². The molecule has 0 unspecified atom stereocenters. The molecule has 0 saturated heterocycles. The fourth-order valence-corrected chi connectivity index (χ4v) is 2.29. The van der Waals surface area contributed by atoms with Gasteiger partial charge in [-0.3, -0.25) is 14.9 Å². The maximum atomic E-state index is 12.6. The number of aromatic amines is 1. The maximum absolute atomic E-state index is 12.6. The van der Waals surface area contributed by atoms with Crippen LogP contribution in [0.2, 0.25) is 0 Å². The first-order valence-electron chi connectivity index (χ1n) is 6.89. The van der Waals surface area contributed by atoms with E-state index in [1.54, 1.807) is 18.6 Å². The average molecular weight is 280 g/mol. The van der Waals surface area contributed by atoms with E-state index in [2.05, 4.69) is 15.2 Å². The highest BCUT2D eigenvalue weighted by Crippen LogP contribution is 2.15. The molecule has 0 aliphatic rings. The van der Waals surface area contributed by atoms with Gasteiger partial charge >= 0.3 is 0 Å². The van der Waals surface area contributed by atoms with Crippen molar-refractivity contribution in [3.05, 3.63) is 60.0 Å². The van der Waals surface area contributed by atoms with Gasteiger partial charge in [0, 0.05) is 36.4 Å². The number of H-pyrrole nitrogens is 1. The molecule has 0 aliphatic heterocycles. The second kappa shape index (κ2) is 5.75. The van der Waals surface area contributed by atoms with Crippen LogP contribution in [-0.4, -0.2) is 32.5 Å². The summed E-state index contributed by atoms with van der Waals surface area (Å²) in [5, 5.41) is 7.87. The van der Waals surface area contributed by atoms with Gasteiger partial charge < -0.3 is 4.90 Å². The number of hydrogen-bond acceptors (Lipinski definition) is 3. The number of hydrogen-bond donors (Lipinski definition) is 1. The van der Waals surface area contributed by atoms with Crippen LogP contribution in [0.5, 0.6) is 0 Å². The molecule has 5 heteroatoms. The molecule has 2 heterocycles. The summed E-state index contributed by atoms with van der Waals surface area (Å²) < 4.78 is 0. The van der Waals surface area contributed by atoms with Gasteiger partial charge in [0.15, 0.2) is 0 Å². The molecule has 0 saturated carbocycles. The van der Waals surface area contributed by atoms with Crippen LogP contribution in [0.1, 0.15) is 22.8 Å². The Kier molecular flexibility index (Phi) is 3.64. The smallest absolute Gasteiger partial charge is 0.254 e. The van der Waals surface area contributed by atoms with Crippen molar-refractivity contribution in [3.63, 3.8) is 0 Å². The zero-order valence-electron chi connectivity index (χ0n) is 11.8. The van der Waals surface area contributed by atoms with E-state index in [-0.39, 0.29) is 5.91 Å². The predicted octanol–water partition coefficient (Wildman–Crippen LogP) is 2.62. The predicted molar refractivity (Wildman–Crippen MR) is 80.7 cm³/mol. The number of carbonyl (C=O) groups excluding carboxylic acids is 1. The summed E-state index contributed by atoms with van der Waals surface area (Å²) in [6, 6.07) is 9.45. The molecule has 0 radical (unpaired) electrons. The largest absolute Gasteiger partial charge is 0.335 e. The van der Waals surface area contributed by atoms with Gasteiger partial charge in [-0.25, -0.2) is 0 Å². The van der Waals surface area contributed by atoms with Gasteiger partial charge in [-0.2, -0.15) is 5.10 Å². The molecular formula is C16H16N4O. The molecule has 0 aliphatic carbocycles. The molecule has 0 spiro atoms. The standard InChI is InChI=1S/C16H16N4O/c1-2-20(11-12-5-7-17-8-6-12)16(21)13-3-4-14-10-18-19-15(14)9-13/h3-10H,2,11H2,1H3,(H,18,19). The average Bonchev–Trinajstić information content (AvgIpc) is 3.00. The van der Waals surface area contributed by atoms with Gasteiger partial charge in [0.25, 0.3) is 5.91 Å². The van der Waals surface area contributed by atoms with Crippen LogP contribution in [0.4, 0.5) is 0 Å². The molecule has 0 atom stereocenters. The quantitative estimate of drug-likeness (QED) is 0.799. The third-order valence-corrected chi connectivity index (χ3v) is 3.48. The molecule has 1 amide bonds. The van der Waals surface area contributed by atoms with Crippen molar-refractivity contribution in [1.29, 1.82) is 0 Å². The summed E-state index contributed by atoms with van der Waals surface area (Å²) in [6.45, 7) is 3.22. The number of amides is 1. The number of pyridine rings is 1.